The van der Waals surface area contributed by atoms with Crippen molar-refractivity contribution in [2.45, 2.75) is 38.1 Å². The van der Waals surface area contributed by atoms with Crippen molar-refractivity contribution in [1.29, 1.82) is 0 Å². The van der Waals surface area contributed by atoms with Gasteiger partial charge in [-0.25, -0.2) is 0 Å². The van der Waals surface area contributed by atoms with Gasteiger partial charge in [0.15, 0.2) is 0 Å². The molecule has 1 aromatic carbocycles. The van der Waals surface area contributed by atoms with Crippen molar-refractivity contribution in [2.24, 2.45) is 17.8 Å². The summed E-state index contributed by atoms with van der Waals surface area (Å²) < 4.78 is 5.22. The minimum Gasteiger partial charge on any atom is -0.497 e. The van der Waals surface area contributed by atoms with E-state index < -0.39 is 0 Å². The molecule has 3 heteroatoms. The Morgan fingerprint density at radius 3 is 2.52 bits per heavy atom. The van der Waals surface area contributed by atoms with Crippen molar-refractivity contribution in [3.63, 3.8) is 0 Å². The van der Waals surface area contributed by atoms with Crippen LogP contribution < -0.4 is 4.74 Å². The lowest BCUT2D eigenvalue weighted by Crippen LogP contribution is -2.35. The van der Waals surface area contributed by atoms with Gasteiger partial charge in [0, 0.05) is 12.5 Å². The molecule has 1 amide bonds. The van der Waals surface area contributed by atoms with Gasteiger partial charge in [0.1, 0.15) is 5.75 Å². The number of methoxy groups -OCH3 is 1. The van der Waals surface area contributed by atoms with Gasteiger partial charge in [0.2, 0.25) is 5.91 Å². The van der Waals surface area contributed by atoms with E-state index in [2.05, 4.69) is 17.0 Å². The van der Waals surface area contributed by atoms with E-state index in [-0.39, 0.29) is 6.04 Å². The Hall–Kier alpha value is -1.51. The van der Waals surface area contributed by atoms with Crippen LogP contribution in [0.2, 0.25) is 0 Å². The maximum absolute atomic E-state index is 12.8. The first kappa shape index (κ1) is 13.2. The molecule has 3 aliphatic rings. The van der Waals surface area contributed by atoms with Crippen molar-refractivity contribution in [1.82, 2.24) is 4.90 Å². The van der Waals surface area contributed by atoms with E-state index in [9.17, 15) is 4.79 Å². The van der Waals surface area contributed by atoms with Crippen LogP contribution in [-0.4, -0.2) is 24.5 Å². The molecule has 3 atom stereocenters. The zero-order chi connectivity index (χ0) is 14.4. The standard InChI is InChI=1S/C18H23NO2/c1-21-16-6-4-12(5-7-16)17-3-2-8-19(17)18(20)15-10-13-9-14(13)11-15/h4-7,13-15,17H,2-3,8-11H2,1H3. The monoisotopic (exact) mass is 285 g/mol. The number of ether oxygens (including phenoxy) is 1. The lowest BCUT2D eigenvalue weighted by molar-refractivity contribution is -0.136. The van der Waals surface area contributed by atoms with E-state index in [1.54, 1.807) is 7.11 Å². The normalized spacial score (nSPS) is 33.9. The zero-order valence-electron chi connectivity index (χ0n) is 12.6. The van der Waals surface area contributed by atoms with E-state index in [1.807, 2.05) is 12.1 Å². The Kier molecular flexibility index (Phi) is 3.16. The summed E-state index contributed by atoms with van der Waals surface area (Å²) in [6, 6.07) is 8.50. The third-order valence-corrected chi connectivity index (χ3v) is 5.63. The van der Waals surface area contributed by atoms with Gasteiger partial charge in [-0.15, -0.1) is 0 Å². The smallest absolute Gasteiger partial charge is 0.226 e. The van der Waals surface area contributed by atoms with Crippen LogP contribution in [0.4, 0.5) is 0 Å². The Balaban J connectivity index is 1.49. The molecule has 2 aliphatic carbocycles. The van der Waals surface area contributed by atoms with Crippen LogP contribution in [0.5, 0.6) is 5.75 Å². The Morgan fingerprint density at radius 2 is 1.86 bits per heavy atom. The highest BCUT2D eigenvalue weighted by Crippen LogP contribution is 2.55. The number of carbonyl (C=O) groups is 1. The average Bonchev–Trinajstić information content (AvgIpc) is 2.95. The minimum atomic E-state index is 0.278. The third kappa shape index (κ3) is 2.33. The first-order valence-corrected chi connectivity index (χ1v) is 8.20. The predicted octanol–water partition coefficient (Wildman–Crippen LogP) is 3.40. The van der Waals surface area contributed by atoms with Crippen molar-refractivity contribution in [3.8, 4) is 5.75 Å². The van der Waals surface area contributed by atoms with Gasteiger partial charge >= 0.3 is 0 Å². The van der Waals surface area contributed by atoms with E-state index >= 15 is 0 Å². The topological polar surface area (TPSA) is 29.5 Å². The number of benzene rings is 1. The van der Waals surface area contributed by atoms with E-state index in [1.165, 1.54) is 12.0 Å². The summed E-state index contributed by atoms with van der Waals surface area (Å²) in [6.07, 6.45) is 5.90. The summed E-state index contributed by atoms with van der Waals surface area (Å²) in [7, 11) is 1.69. The molecule has 0 radical (unpaired) electrons. The maximum atomic E-state index is 12.8. The highest BCUT2D eigenvalue weighted by molar-refractivity contribution is 5.80. The van der Waals surface area contributed by atoms with Crippen LogP contribution in [0.25, 0.3) is 0 Å². The maximum Gasteiger partial charge on any atom is 0.226 e. The van der Waals surface area contributed by atoms with Gasteiger partial charge in [0.05, 0.1) is 13.2 Å². The van der Waals surface area contributed by atoms with Gasteiger partial charge in [0.25, 0.3) is 0 Å². The number of likely N-dealkylation sites (tertiary alicyclic amines) is 1. The Bertz CT molecular complexity index is 529. The van der Waals surface area contributed by atoms with Crippen LogP contribution in [0.15, 0.2) is 24.3 Å². The second-order valence-electron chi connectivity index (χ2n) is 6.89. The van der Waals surface area contributed by atoms with Crippen molar-refractivity contribution < 1.29 is 9.53 Å². The molecule has 112 valence electrons. The number of fused-ring (bicyclic) bond motifs is 1. The minimum absolute atomic E-state index is 0.278. The fourth-order valence-corrected chi connectivity index (χ4v) is 4.35. The molecule has 0 aromatic heterocycles. The first-order valence-electron chi connectivity index (χ1n) is 8.20. The van der Waals surface area contributed by atoms with Gasteiger partial charge in [-0.05, 0) is 61.6 Å². The third-order valence-electron chi connectivity index (χ3n) is 5.63. The predicted molar refractivity (Wildman–Crippen MR) is 81.0 cm³/mol. The Labute approximate surface area is 126 Å². The lowest BCUT2D eigenvalue weighted by Gasteiger charge is -2.28. The molecule has 4 rings (SSSR count). The molecule has 1 aliphatic heterocycles. The fraction of sp³-hybridized carbons (Fsp3) is 0.611. The fourth-order valence-electron chi connectivity index (χ4n) is 4.35. The number of carbonyl (C=O) groups excluding carboxylic acids is 1. The Morgan fingerprint density at radius 1 is 1.14 bits per heavy atom. The summed E-state index contributed by atoms with van der Waals surface area (Å²) >= 11 is 0. The molecule has 0 N–H and O–H groups in total. The van der Waals surface area contributed by atoms with E-state index in [0.717, 1.165) is 49.8 Å². The zero-order valence-corrected chi connectivity index (χ0v) is 12.6. The van der Waals surface area contributed by atoms with Gasteiger partial charge in [-0.3, -0.25) is 4.79 Å². The van der Waals surface area contributed by atoms with Gasteiger partial charge in [-0.1, -0.05) is 12.1 Å². The van der Waals surface area contributed by atoms with Crippen LogP contribution in [0.3, 0.4) is 0 Å². The van der Waals surface area contributed by atoms with Crippen LogP contribution >= 0.6 is 0 Å². The average molecular weight is 285 g/mol. The molecule has 21 heavy (non-hydrogen) atoms. The van der Waals surface area contributed by atoms with Crippen molar-refractivity contribution >= 4 is 5.91 Å². The van der Waals surface area contributed by atoms with Crippen molar-refractivity contribution in [3.05, 3.63) is 29.8 Å². The molecule has 1 aromatic rings. The second kappa shape index (κ2) is 5.04. The number of nitrogens with zero attached hydrogens (tertiary/aromatic N) is 1. The summed E-state index contributed by atoms with van der Waals surface area (Å²) in [5.41, 5.74) is 1.25. The van der Waals surface area contributed by atoms with E-state index in [4.69, 9.17) is 4.74 Å². The highest BCUT2D eigenvalue weighted by Gasteiger charge is 2.49. The molecule has 3 nitrogen and oxygen atoms in total. The molecule has 3 fully saturated rings. The second-order valence-corrected chi connectivity index (χ2v) is 6.89. The molecular formula is C18H23NO2. The highest BCUT2D eigenvalue weighted by atomic mass is 16.5. The molecular weight excluding hydrogens is 262 g/mol. The number of hydrogen-bond donors (Lipinski definition) is 0. The number of rotatable bonds is 3. The van der Waals surface area contributed by atoms with Gasteiger partial charge in [-0.2, -0.15) is 0 Å². The van der Waals surface area contributed by atoms with Gasteiger partial charge < -0.3 is 9.64 Å². The number of hydrogen-bond acceptors (Lipinski definition) is 2. The molecule has 2 saturated carbocycles. The summed E-state index contributed by atoms with van der Waals surface area (Å²) in [6.45, 7) is 0.932. The van der Waals surface area contributed by atoms with Crippen LogP contribution in [0, 0.1) is 17.8 Å². The lowest BCUT2D eigenvalue weighted by atomic mass is 9.99. The quantitative estimate of drug-likeness (QED) is 0.852. The van der Waals surface area contributed by atoms with E-state index in [0.29, 0.717) is 11.8 Å². The molecule has 0 bridgehead atoms. The largest absolute Gasteiger partial charge is 0.497 e. The van der Waals surface area contributed by atoms with Crippen molar-refractivity contribution in [2.75, 3.05) is 13.7 Å². The van der Waals surface area contributed by atoms with Crippen LogP contribution in [-0.2, 0) is 4.79 Å². The summed E-state index contributed by atoms with van der Waals surface area (Å²) in [4.78, 5) is 15.0. The van der Waals surface area contributed by atoms with Crippen LogP contribution in [0.1, 0.15) is 43.7 Å². The SMILES string of the molecule is COc1ccc(C2CCCN2C(=O)C2CC3CC3C2)cc1. The summed E-state index contributed by atoms with van der Waals surface area (Å²) in [5, 5.41) is 0. The molecule has 0 spiro atoms. The number of amides is 1. The molecule has 1 saturated heterocycles. The molecule has 1 heterocycles. The summed E-state index contributed by atoms with van der Waals surface area (Å²) in [5.74, 6) is 3.36. The molecule has 3 unspecified atom stereocenters. The first-order chi connectivity index (χ1) is 10.3.